The van der Waals surface area contributed by atoms with Gasteiger partial charge in [0.05, 0.1) is 0 Å². The van der Waals surface area contributed by atoms with Gasteiger partial charge in [-0.05, 0) is 37.8 Å². The van der Waals surface area contributed by atoms with E-state index in [0.717, 1.165) is 24.1 Å². The quantitative estimate of drug-likeness (QED) is 0.790. The highest BCUT2D eigenvalue weighted by atomic mass is 16.2. The molecule has 3 heteroatoms. The smallest absolute Gasteiger partial charge is 0.319 e. The Kier molecular flexibility index (Phi) is 2.62. The summed E-state index contributed by atoms with van der Waals surface area (Å²) >= 11 is 0. The van der Waals surface area contributed by atoms with Crippen LogP contribution in [0.15, 0.2) is 24.3 Å². The van der Waals surface area contributed by atoms with Crippen molar-refractivity contribution in [3.8, 4) is 0 Å². The van der Waals surface area contributed by atoms with E-state index in [0.29, 0.717) is 6.04 Å². The first-order chi connectivity index (χ1) is 7.20. The van der Waals surface area contributed by atoms with E-state index in [1.54, 1.807) is 4.90 Å². The van der Waals surface area contributed by atoms with Crippen LogP contribution in [0.25, 0.3) is 0 Å². The molecule has 0 radical (unpaired) electrons. The minimum absolute atomic E-state index is 0.309. The van der Waals surface area contributed by atoms with Crippen LogP contribution in [0, 0.1) is 6.92 Å². The van der Waals surface area contributed by atoms with E-state index in [1.807, 2.05) is 31.2 Å². The van der Waals surface area contributed by atoms with E-state index in [2.05, 4.69) is 0 Å². The van der Waals surface area contributed by atoms with Crippen LogP contribution in [0.5, 0.6) is 0 Å². The number of carbonyl (C=O) groups excluding carboxylic acids is 1. The third kappa shape index (κ3) is 1.82. The third-order valence-electron chi connectivity index (χ3n) is 3.05. The molecule has 1 aliphatic carbocycles. The zero-order valence-corrected chi connectivity index (χ0v) is 8.94. The highest BCUT2D eigenvalue weighted by Crippen LogP contribution is 2.30. The van der Waals surface area contributed by atoms with E-state index < -0.39 is 0 Å². The Morgan fingerprint density at radius 2 is 2.07 bits per heavy atom. The number of anilines is 1. The maximum atomic E-state index is 11.4. The minimum atomic E-state index is -0.339. The summed E-state index contributed by atoms with van der Waals surface area (Å²) in [6.45, 7) is 2.00. The summed E-state index contributed by atoms with van der Waals surface area (Å²) in [5.74, 6) is 0. The monoisotopic (exact) mass is 204 g/mol. The van der Waals surface area contributed by atoms with Gasteiger partial charge in [0.25, 0.3) is 0 Å². The molecule has 0 spiro atoms. The summed E-state index contributed by atoms with van der Waals surface area (Å²) in [6, 6.07) is 7.84. The van der Waals surface area contributed by atoms with Gasteiger partial charge in [0.2, 0.25) is 0 Å². The van der Waals surface area contributed by atoms with Gasteiger partial charge in [-0.1, -0.05) is 18.2 Å². The Bertz CT molecular complexity index is 372. The normalized spacial score (nSPS) is 15.8. The number of amides is 2. The summed E-state index contributed by atoms with van der Waals surface area (Å²) in [6.07, 6.45) is 3.33. The van der Waals surface area contributed by atoms with Crippen LogP contribution in [0.1, 0.15) is 24.8 Å². The molecular formula is C12H16N2O. The van der Waals surface area contributed by atoms with Gasteiger partial charge in [0.1, 0.15) is 0 Å². The van der Waals surface area contributed by atoms with Gasteiger partial charge < -0.3 is 5.73 Å². The molecule has 1 saturated carbocycles. The molecule has 2 amide bonds. The number of primary amides is 1. The van der Waals surface area contributed by atoms with Gasteiger partial charge >= 0.3 is 6.03 Å². The van der Waals surface area contributed by atoms with Crippen LogP contribution in [-0.4, -0.2) is 12.1 Å². The van der Waals surface area contributed by atoms with Crippen LogP contribution in [0.2, 0.25) is 0 Å². The molecule has 1 fully saturated rings. The maximum Gasteiger partial charge on any atom is 0.319 e. The molecule has 0 saturated heterocycles. The summed E-state index contributed by atoms with van der Waals surface area (Å²) < 4.78 is 0. The maximum absolute atomic E-state index is 11.4. The van der Waals surface area contributed by atoms with Gasteiger partial charge in [0, 0.05) is 11.7 Å². The molecule has 1 aromatic rings. The van der Waals surface area contributed by atoms with Gasteiger partial charge in [-0.15, -0.1) is 0 Å². The number of rotatable bonds is 2. The summed E-state index contributed by atoms with van der Waals surface area (Å²) in [4.78, 5) is 13.2. The van der Waals surface area contributed by atoms with Gasteiger partial charge in [-0.25, -0.2) is 4.79 Å². The highest BCUT2D eigenvalue weighted by molar-refractivity contribution is 5.92. The van der Waals surface area contributed by atoms with Crippen molar-refractivity contribution in [2.45, 2.75) is 32.2 Å². The van der Waals surface area contributed by atoms with Crippen molar-refractivity contribution in [1.82, 2.24) is 0 Å². The van der Waals surface area contributed by atoms with Crippen molar-refractivity contribution in [1.29, 1.82) is 0 Å². The van der Waals surface area contributed by atoms with E-state index in [9.17, 15) is 4.79 Å². The lowest BCUT2D eigenvalue weighted by atomic mass is 9.91. The van der Waals surface area contributed by atoms with Gasteiger partial charge in [0.15, 0.2) is 0 Å². The number of urea groups is 1. The molecule has 1 aliphatic rings. The van der Waals surface area contributed by atoms with E-state index in [4.69, 9.17) is 5.73 Å². The Morgan fingerprint density at radius 1 is 1.40 bits per heavy atom. The number of benzene rings is 1. The number of carbonyl (C=O) groups is 1. The van der Waals surface area contributed by atoms with Crippen LogP contribution in [-0.2, 0) is 0 Å². The summed E-state index contributed by atoms with van der Waals surface area (Å²) in [5.41, 5.74) is 7.49. The molecule has 15 heavy (non-hydrogen) atoms. The molecule has 1 aromatic carbocycles. The van der Waals surface area contributed by atoms with Gasteiger partial charge in [-0.2, -0.15) is 0 Å². The SMILES string of the molecule is Cc1ccccc1N(C(N)=O)C1CCC1. The lowest BCUT2D eigenvalue weighted by molar-refractivity contribution is 0.246. The molecule has 0 atom stereocenters. The molecular weight excluding hydrogens is 188 g/mol. The summed E-state index contributed by atoms with van der Waals surface area (Å²) in [5, 5.41) is 0. The second-order valence-electron chi connectivity index (χ2n) is 4.08. The summed E-state index contributed by atoms with van der Waals surface area (Å²) in [7, 11) is 0. The molecule has 0 unspecified atom stereocenters. The van der Waals surface area contributed by atoms with Crippen LogP contribution < -0.4 is 10.6 Å². The standard InChI is InChI=1S/C12H16N2O/c1-9-5-2-3-8-11(9)14(12(13)15)10-6-4-7-10/h2-3,5,8,10H,4,6-7H2,1H3,(H2,13,15). The number of hydrogen-bond donors (Lipinski definition) is 1. The molecule has 2 N–H and O–H groups in total. The lowest BCUT2D eigenvalue weighted by Crippen LogP contribution is -2.47. The highest BCUT2D eigenvalue weighted by Gasteiger charge is 2.29. The predicted molar refractivity (Wildman–Crippen MR) is 60.9 cm³/mol. The first kappa shape index (κ1) is 10.0. The zero-order chi connectivity index (χ0) is 10.8. The van der Waals surface area contributed by atoms with E-state index in [1.165, 1.54) is 6.42 Å². The number of nitrogens with zero attached hydrogens (tertiary/aromatic N) is 1. The largest absolute Gasteiger partial charge is 0.351 e. The predicted octanol–water partition coefficient (Wildman–Crippen LogP) is 2.43. The van der Waals surface area contributed by atoms with Crippen LogP contribution >= 0.6 is 0 Å². The fourth-order valence-electron chi connectivity index (χ4n) is 1.97. The van der Waals surface area contributed by atoms with Crippen molar-refractivity contribution < 1.29 is 4.79 Å². The first-order valence-corrected chi connectivity index (χ1v) is 5.34. The molecule has 0 aromatic heterocycles. The Labute approximate surface area is 89.9 Å². The number of aryl methyl sites for hydroxylation is 1. The Morgan fingerprint density at radius 3 is 2.53 bits per heavy atom. The second kappa shape index (κ2) is 3.93. The fraction of sp³-hybridized carbons (Fsp3) is 0.417. The second-order valence-corrected chi connectivity index (χ2v) is 4.08. The lowest BCUT2D eigenvalue weighted by Gasteiger charge is -2.37. The fourth-order valence-corrected chi connectivity index (χ4v) is 1.97. The minimum Gasteiger partial charge on any atom is -0.351 e. The average molecular weight is 204 g/mol. The third-order valence-corrected chi connectivity index (χ3v) is 3.05. The van der Waals surface area contributed by atoms with Crippen molar-refractivity contribution in [2.75, 3.05) is 4.90 Å². The first-order valence-electron chi connectivity index (χ1n) is 5.34. The van der Waals surface area contributed by atoms with Crippen molar-refractivity contribution in [2.24, 2.45) is 5.73 Å². The molecule has 0 aliphatic heterocycles. The Hall–Kier alpha value is -1.51. The number of para-hydroxylation sites is 1. The topological polar surface area (TPSA) is 46.3 Å². The molecule has 2 rings (SSSR count). The van der Waals surface area contributed by atoms with Gasteiger partial charge in [-0.3, -0.25) is 4.90 Å². The molecule has 0 heterocycles. The zero-order valence-electron chi connectivity index (χ0n) is 8.94. The van der Waals surface area contributed by atoms with Crippen LogP contribution in [0.4, 0.5) is 10.5 Å². The number of nitrogens with two attached hydrogens (primary N) is 1. The average Bonchev–Trinajstić information content (AvgIpc) is 2.12. The van der Waals surface area contributed by atoms with Crippen molar-refractivity contribution >= 4 is 11.7 Å². The Balaban J connectivity index is 2.32. The molecule has 3 nitrogen and oxygen atoms in total. The van der Waals surface area contributed by atoms with E-state index >= 15 is 0 Å². The van der Waals surface area contributed by atoms with Crippen molar-refractivity contribution in [3.05, 3.63) is 29.8 Å². The van der Waals surface area contributed by atoms with Crippen LogP contribution in [0.3, 0.4) is 0 Å². The molecule has 0 bridgehead atoms. The molecule has 80 valence electrons. The number of hydrogen-bond acceptors (Lipinski definition) is 1. The van der Waals surface area contributed by atoms with Crippen molar-refractivity contribution in [3.63, 3.8) is 0 Å². The van der Waals surface area contributed by atoms with E-state index in [-0.39, 0.29) is 6.03 Å².